The molecule has 1 aliphatic heterocycles. The number of aryl methyl sites for hydroxylation is 1. The molecule has 2 aromatic heterocycles. The number of benzene rings is 1. The lowest BCUT2D eigenvalue weighted by molar-refractivity contribution is -0.145. The summed E-state index contributed by atoms with van der Waals surface area (Å²) in [5, 5.41) is 1.04. The maximum Gasteiger partial charge on any atom is 0.344 e. The van der Waals surface area contributed by atoms with Crippen LogP contribution in [0.15, 0.2) is 30.5 Å². The van der Waals surface area contributed by atoms with E-state index in [2.05, 4.69) is 15.0 Å². The number of anilines is 2. The largest absolute Gasteiger partial charge is 0.466 e. The lowest BCUT2D eigenvalue weighted by atomic mass is 10.1. The SMILES string of the molecule is CCOC(=O)COc1cc(C(=O)N(C)c2ccc3[nH]cc(C)c3c2)nc(N2CCOCC2)n1. The van der Waals surface area contributed by atoms with Crippen molar-refractivity contribution in [3.8, 4) is 5.88 Å². The van der Waals surface area contributed by atoms with Crippen LogP contribution in [-0.2, 0) is 14.3 Å². The molecule has 3 heterocycles. The molecule has 1 saturated heterocycles. The number of carbonyl (C=O) groups is 2. The van der Waals surface area contributed by atoms with Gasteiger partial charge < -0.3 is 29.0 Å². The van der Waals surface area contributed by atoms with Crippen molar-refractivity contribution >= 4 is 34.4 Å². The Morgan fingerprint density at radius 3 is 2.76 bits per heavy atom. The highest BCUT2D eigenvalue weighted by Gasteiger charge is 2.22. The van der Waals surface area contributed by atoms with Crippen LogP contribution in [0.25, 0.3) is 10.9 Å². The van der Waals surface area contributed by atoms with Crippen LogP contribution in [0.2, 0.25) is 0 Å². The number of H-pyrrole nitrogens is 1. The number of hydrogen-bond donors (Lipinski definition) is 1. The van der Waals surface area contributed by atoms with E-state index in [9.17, 15) is 9.59 Å². The van der Waals surface area contributed by atoms with Crippen LogP contribution >= 0.6 is 0 Å². The average Bonchev–Trinajstić information content (AvgIpc) is 3.22. The van der Waals surface area contributed by atoms with Gasteiger partial charge in [-0.25, -0.2) is 9.78 Å². The molecule has 0 unspecified atom stereocenters. The van der Waals surface area contributed by atoms with Gasteiger partial charge in [0, 0.05) is 49.0 Å². The number of amides is 1. The van der Waals surface area contributed by atoms with Gasteiger partial charge in [-0.2, -0.15) is 4.98 Å². The van der Waals surface area contributed by atoms with Gasteiger partial charge in [0.05, 0.1) is 19.8 Å². The molecule has 0 saturated carbocycles. The fourth-order valence-corrected chi connectivity index (χ4v) is 3.58. The first kappa shape index (κ1) is 22.5. The molecule has 10 nitrogen and oxygen atoms in total. The Labute approximate surface area is 191 Å². The average molecular weight is 453 g/mol. The molecule has 33 heavy (non-hydrogen) atoms. The summed E-state index contributed by atoms with van der Waals surface area (Å²) in [7, 11) is 1.70. The van der Waals surface area contributed by atoms with Crippen molar-refractivity contribution in [2.75, 3.05) is 56.4 Å². The van der Waals surface area contributed by atoms with Gasteiger partial charge in [0.1, 0.15) is 5.69 Å². The van der Waals surface area contributed by atoms with E-state index < -0.39 is 5.97 Å². The second-order valence-corrected chi connectivity index (χ2v) is 7.65. The van der Waals surface area contributed by atoms with E-state index >= 15 is 0 Å². The number of aromatic amines is 1. The molecular formula is C23H27N5O5. The first-order valence-corrected chi connectivity index (χ1v) is 10.8. The molecule has 1 N–H and O–H groups in total. The number of esters is 1. The summed E-state index contributed by atoms with van der Waals surface area (Å²) in [4.78, 5) is 40.7. The predicted molar refractivity (Wildman–Crippen MR) is 123 cm³/mol. The molecule has 3 aromatic rings. The Morgan fingerprint density at radius 1 is 1.21 bits per heavy atom. The van der Waals surface area contributed by atoms with Gasteiger partial charge in [0.2, 0.25) is 11.8 Å². The summed E-state index contributed by atoms with van der Waals surface area (Å²) in [6, 6.07) is 7.22. The standard InChI is InChI=1S/C23H27N5O5/c1-4-32-21(29)14-33-20-12-19(25-23(26-20)28-7-9-31-10-8-28)22(30)27(3)16-5-6-18-17(11-16)15(2)13-24-18/h5-6,11-13,24H,4,7-10,14H2,1-3H3. The van der Waals surface area contributed by atoms with Gasteiger partial charge in [0.15, 0.2) is 6.61 Å². The Kier molecular flexibility index (Phi) is 6.74. The fraction of sp³-hybridized carbons (Fsp3) is 0.391. The van der Waals surface area contributed by atoms with Crippen LogP contribution in [0.5, 0.6) is 5.88 Å². The van der Waals surface area contributed by atoms with Crippen molar-refractivity contribution in [2.45, 2.75) is 13.8 Å². The number of ether oxygens (including phenoxy) is 3. The van der Waals surface area contributed by atoms with E-state index in [0.717, 1.165) is 22.2 Å². The highest BCUT2D eigenvalue weighted by Crippen LogP contribution is 2.25. The number of fused-ring (bicyclic) bond motifs is 1. The van der Waals surface area contributed by atoms with Gasteiger partial charge in [-0.1, -0.05) is 0 Å². The zero-order valence-electron chi connectivity index (χ0n) is 19.0. The van der Waals surface area contributed by atoms with Crippen LogP contribution in [0.1, 0.15) is 23.0 Å². The molecule has 1 fully saturated rings. The monoisotopic (exact) mass is 453 g/mol. The number of rotatable bonds is 7. The highest BCUT2D eigenvalue weighted by atomic mass is 16.6. The Hall–Kier alpha value is -3.66. The maximum atomic E-state index is 13.4. The number of hydrogen-bond acceptors (Lipinski definition) is 8. The third-order valence-electron chi connectivity index (χ3n) is 5.41. The van der Waals surface area contributed by atoms with E-state index in [-0.39, 0.29) is 30.7 Å². The van der Waals surface area contributed by atoms with E-state index in [1.807, 2.05) is 36.2 Å². The second kappa shape index (κ2) is 9.86. The van der Waals surface area contributed by atoms with E-state index in [1.54, 1.807) is 14.0 Å². The van der Waals surface area contributed by atoms with Crippen LogP contribution in [0.3, 0.4) is 0 Å². The third-order valence-corrected chi connectivity index (χ3v) is 5.41. The number of nitrogens with one attached hydrogen (secondary N) is 1. The van der Waals surface area contributed by atoms with Crippen LogP contribution < -0.4 is 14.5 Å². The minimum atomic E-state index is -0.510. The lowest BCUT2D eigenvalue weighted by Gasteiger charge is -2.27. The number of carbonyl (C=O) groups excluding carboxylic acids is 2. The minimum absolute atomic E-state index is 0.133. The summed E-state index contributed by atoms with van der Waals surface area (Å²) in [6.07, 6.45) is 1.93. The van der Waals surface area contributed by atoms with Crippen molar-refractivity contribution in [3.05, 3.63) is 41.7 Å². The number of aromatic nitrogens is 3. The van der Waals surface area contributed by atoms with Gasteiger partial charge in [0.25, 0.3) is 5.91 Å². The molecule has 0 aliphatic carbocycles. The second-order valence-electron chi connectivity index (χ2n) is 7.65. The number of nitrogens with zero attached hydrogens (tertiary/aromatic N) is 4. The molecule has 1 aromatic carbocycles. The summed E-state index contributed by atoms with van der Waals surface area (Å²) < 4.78 is 15.8. The Balaban J connectivity index is 1.62. The smallest absolute Gasteiger partial charge is 0.344 e. The van der Waals surface area contributed by atoms with E-state index in [0.29, 0.717) is 32.3 Å². The summed E-state index contributed by atoms with van der Waals surface area (Å²) >= 11 is 0. The maximum absolute atomic E-state index is 13.4. The van der Waals surface area contributed by atoms with Crippen molar-refractivity contribution < 1.29 is 23.8 Å². The van der Waals surface area contributed by atoms with Gasteiger partial charge >= 0.3 is 5.97 Å². The molecule has 0 atom stereocenters. The predicted octanol–water partition coefficient (Wildman–Crippen LogP) is 2.32. The number of morpholine rings is 1. The van der Waals surface area contributed by atoms with Crippen LogP contribution in [0, 0.1) is 6.92 Å². The van der Waals surface area contributed by atoms with Gasteiger partial charge in [-0.3, -0.25) is 4.79 Å². The summed E-state index contributed by atoms with van der Waals surface area (Å²) in [5.74, 6) is -0.341. The molecule has 0 spiro atoms. The Morgan fingerprint density at radius 2 is 2.00 bits per heavy atom. The highest BCUT2D eigenvalue weighted by molar-refractivity contribution is 6.05. The topological polar surface area (TPSA) is 110 Å². The molecule has 0 radical (unpaired) electrons. The molecule has 174 valence electrons. The first-order chi connectivity index (χ1) is 16.0. The van der Waals surface area contributed by atoms with E-state index in [4.69, 9.17) is 14.2 Å². The molecule has 1 aliphatic rings. The fourth-order valence-electron chi connectivity index (χ4n) is 3.58. The van der Waals surface area contributed by atoms with Crippen LogP contribution in [0.4, 0.5) is 11.6 Å². The van der Waals surface area contributed by atoms with Gasteiger partial charge in [-0.15, -0.1) is 0 Å². The minimum Gasteiger partial charge on any atom is -0.466 e. The van der Waals surface area contributed by atoms with Crippen molar-refractivity contribution in [2.24, 2.45) is 0 Å². The molecular weight excluding hydrogens is 426 g/mol. The molecule has 4 rings (SSSR count). The van der Waals surface area contributed by atoms with Gasteiger partial charge in [-0.05, 0) is 37.6 Å². The summed E-state index contributed by atoms with van der Waals surface area (Å²) in [5.41, 5.74) is 3.00. The normalized spacial score (nSPS) is 13.7. The summed E-state index contributed by atoms with van der Waals surface area (Å²) in [6.45, 7) is 5.94. The molecule has 1 amide bonds. The zero-order chi connectivity index (χ0) is 23.4. The quantitative estimate of drug-likeness (QED) is 0.543. The Bertz CT molecular complexity index is 1160. The van der Waals surface area contributed by atoms with E-state index in [1.165, 1.54) is 11.0 Å². The van der Waals surface area contributed by atoms with Crippen molar-refractivity contribution in [1.82, 2.24) is 15.0 Å². The van der Waals surface area contributed by atoms with Crippen molar-refractivity contribution in [3.63, 3.8) is 0 Å². The van der Waals surface area contributed by atoms with Crippen molar-refractivity contribution in [1.29, 1.82) is 0 Å². The molecule has 10 heteroatoms. The first-order valence-electron chi connectivity index (χ1n) is 10.8. The molecule has 0 bridgehead atoms. The zero-order valence-corrected chi connectivity index (χ0v) is 19.0. The third kappa shape index (κ3) is 5.06. The van der Waals surface area contributed by atoms with Crippen LogP contribution in [-0.4, -0.2) is 73.4 Å². The lowest BCUT2D eigenvalue weighted by Crippen LogP contribution is -2.38.